The highest BCUT2D eigenvalue weighted by atomic mass is 16.5. The van der Waals surface area contributed by atoms with E-state index in [1.54, 1.807) is 7.11 Å². The lowest BCUT2D eigenvalue weighted by atomic mass is 9.98. The van der Waals surface area contributed by atoms with Crippen LogP contribution in [0.1, 0.15) is 0 Å². The van der Waals surface area contributed by atoms with E-state index in [0.717, 1.165) is 127 Å². The fourth-order valence-corrected chi connectivity index (χ4v) is 15.7. The first-order valence-electron chi connectivity index (χ1n) is 32.7. The Balaban J connectivity index is 0.830. The minimum Gasteiger partial charge on any atom is -0.496 e. The fourth-order valence-electron chi connectivity index (χ4n) is 15.7. The van der Waals surface area contributed by atoms with E-state index in [1.807, 2.05) is 6.07 Å². The number of ether oxygens (including phenoxy) is 1. The molecule has 0 saturated heterocycles. The molecule has 0 atom stereocenters. The summed E-state index contributed by atoms with van der Waals surface area (Å²) in [4.78, 5) is 11.3. The second-order valence-corrected chi connectivity index (χ2v) is 25.2. The topological polar surface area (TPSA) is 54.7 Å². The van der Waals surface area contributed by atoms with Gasteiger partial charge in [-0.2, -0.15) is 0 Å². The SMILES string of the molecule is COc1ccc2ccccc2c1-c1nc(-c2cc(-n3c4ccccc4c4cc(-c5ccc6c(c5)c5ccccc5n6-c5ccccc5)ccc43)cc(-n3c4ccccc4c4cc(-c5ccc6c(c5)c5ccccc5n6-c5ccccc5)ccc43)c2)c2c(ccc3ccccc32)n1. The van der Waals surface area contributed by atoms with E-state index in [9.17, 15) is 0 Å². The number of aromatic nitrogens is 6. The first-order chi connectivity index (χ1) is 47.6. The van der Waals surface area contributed by atoms with Gasteiger partial charge in [-0.1, -0.05) is 194 Å². The highest BCUT2D eigenvalue weighted by molar-refractivity contribution is 6.17. The van der Waals surface area contributed by atoms with E-state index < -0.39 is 0 Å². The van der Waals surface area contributed by atoms with Crippen LogP contribution < -0.4 is 4.74 Å². The molecule has 0 aliphatic carbocycles. The first-order valence-corrected chi connectivity index (χ1v) is 32.7. The number of methoxy groups -OCH3 is 1. The minimum atomic E-state index is 0.591. The molecule has 0 fully saturated rings. The highest BCUT2D eigenvalue weighted by Crippen LogP contribution is 2.46. The largest absolute Gasteiger partial charge is 0.496 e. The quantitative estimate of drug-likeness (QED) is 0.135. The van der Waals surface area contributed by atoms with Crippen molar-refractivity contribution in [1.82, 2.24) is 28.2 Å². The summed E-state index contributed by atoms with van der Waals surface area (Å²) in [7, 11) is 1.73. The number of hydrogen-bond donors (Lipinski definition) is 0. The summed E-state index contributed by atoms with van der Waals surface area (Å²) < 4.78 is 15.9. The Morgan fingerprint density at radius 3 is 1.04 bits per heavy atom. The van der Waals surface area contributed by atoms with Crippen molar-refractivity contribution >= 4 is 120 Å². The predicted molar refractivity (Wildman–Crippen MR) is 400 cm³/mol. The molecule has 0 aliphatic heterocycles. The molecular weight excluding hydrogens is 1170 g/mol. The molecule has 0 aliphatic rings. The van der Waals surface area contributed by atoms with Gasteiger partial charge in [-0.05, 0) is 171 Å². The lowest BCUT2D eigenvalue weighted by molar-refractivity contribution is 0.416. The van der Waals surface area contributed by atoms with Gasteiger partial charge in [0, 0.05) is 76.8 Å². The van der Waals surface area contributed by atoms with Crippen LogP contribution in [-0.4, -0.2) is 35.3 Å². The Labute approximate surface area is 551 Å². The first kappa shape index (κ1) is 53.8. The smallest absolute Gasteiger partial charge is 0.164 e. The molecule has 20 aromatic rings. The molecule has 0 unspecified atom stereocenters. The molecule has 15 aromatic carbocycles. The van der Waals surface area contributed by atoms with E-state index in [1.165, 1.54) is 54.4 Å². The monoisotopic (exact) mass is 1220 g/mol. The van der Waals surface area contributed by atoms with Gasteiger partial charge in [0.15, 0.2) is 5.82 Å². The van der Waals surface area contributed by atoms with Gasteiger partial charge >= 0.3 is 0 Å². The lowest BCUT2D eigenvalue weighted by Gasteiger charge is -2.18. The summed E-state index contributed by atoms with van der Waals surface area (Å²) in [5, 5.41) is 14.8. The number of benzene rings is 15. The molecule has 0 saturated carbocycles. The molecule has 0 radical (unpaired) electrons. The second kappa shape index (κ2) is 21.1. The predicted octanol–water partition coefficient (Wildman–Crippen LogP) is 23.0. The maximum atomic E-state index is 6.23. The maximum Gasteiger partial charge on any atom is 0.164 e. The molecule has 0 bridgehead atoms. The van der Waals surface area contributed by atoms with Gasteiger partial charge < -0.3 is 23.0 Å². The molecule has 20 rings (SSSR count). The zero-order valence-corrected chi connectivity index (χ0v) is 52.2. The molecule has 0 amide bonds. The molecule has 0 N–H and O–H groups in total. The zero-order valence-electron chi connectivity index (χ0n) is 52.2. The van der Waals surface area contributed by atoms with Crippen LogP contribution in [0.4, 0.5) is 0 Å². The van der Waals surface area contributed by atoms with Gasteiger partial charge in [0.2, 0.25) is 0 Å². The van der Waals surface area contributed by atoms with Gasteiger partial charge in [0.25, 0.3) is 0 Å². The molecule has 7 heteroatoms. The van der Waals surface area contributed by atoms with Crippen molar-refractivity contribution in [1.29, 1.82) is 0 Å². The second-order valence-electron chi connectivity index (χ2n) is 25.2. The third-order valence-electron chi connectivity index (χ3n) is 20.0. The number of para-hydroxylation sites is 6. The maximum absolute atomic E-state index is 6.23. The van der Waals surface area contributed by atoms with Crippen molar-refractivity contribution in [3.8, 4) is 73.4 Å². The average Bonchev–Trinajstić information content (AvgIpc) is 0.778. The summed E-state index contributed by atoms with van der Waals surface area (Å²) in [6.07, 6.45) is 0. The normalized spacial score (nSPS) is 12.0. The van der Waals surface area contributed by atoms with Crippen molar-refractivity contribution in [2.45, 2.75) is 0 Å². The van der Waals surface area contributed by atoms with Crippen LogP contribution in [0.5, 0.6) is 5.75 Å². The molecule has 448 valence electrons. The molecular formula is C89H56N6O. The van der Waals surface area contributed by atoms with Crippen LogP contribution in [0.3, 0.4) is 0 Å². The van der Waals surface area contributed by atoms with Crippen LogP contribution in [-0.2, 0) is 0 Å². The Hall–Kier alpha value is -12.8. The fraction of sp³-hybridized carbons (Fsp3) is 0.0112. The van der Waals surface area contributed by atoms with E-state index in [0.29, 0.717) is 11.6 Å². The summed E-state index contributed by atoms with van der Waals surface area (Å²) in [6.45, 7) is 0. The van der Waals surface area contributed by atoms with Gasteiger partial charge in [0.1, 0.15) is 5.75 Å². The van der Waals surface area contributed by atoms with E-state index >= 15 is 0 Å². The van der Waals surface area contributed by atoms with Crippen LogP contribution in [0, 0.1) is 0 Å². The summed E-state index contributed by atoms with van der Waals surface area (Å²) in [5.74, 6) is 1.30. The van der Waals surface area contributed by atoms with Crippen molar-refractivity contribution in [3.05, 3.63) is 322 Å². The minimum absolute atomic E-state index is 0.591. The Morgan fingerprint density at radius 1 is 0.250 bits per heavy atom. The van der Waals surface area contributed by atoms with E-state index in [-0.39, 0.29) is 0 Å². The number of fused-ring (bicyclic) bond motifs is 16. The van der Waals surface area contributed by atoms with Gasteiger partial charge in [-0.3, -0.25) is 0 Å². The summed E-state index contributed by atoms with van der Waals surface area (Å²) >= 11 is 0. The third kappa shape index (κ3) is 8.14. The summed E-state index contributed by atoms with van der Waals surface area (Å²) in [6, 6.07) is 117. The zero-order chi connectivity index (χ0) is 63.1. The molecule has 5 aromatic heterocycles. The molecule has 7 nitrogen and oxygen atoms in total. The van der Waals surface area contributed by atoms with Crippen molar-refractivity contribution in [3.63, 3.8) is 0 Å². The van der Waals surface area contributed by atoms with Crippen molar-refractivity contribution in [2.75, 3.05) is 7.11 Å². The van der Waals surface area contributed by atoms with Crippen LogP contribution in [0.15, 0.2) is 322 Å². The third-order valence-corrected chi connectivity index (χ3v) is 20.0. The van der Waals surface area contributed by atoms with E-state index in [2.05, 4.69) is 334 Å². The Morgan fingerprint density at radius 2 is 0.604 bits per heavy atom. The van der Waals surface area contributed by atoms with Crippen LogP contribution in [0.2, 0.25) is 0 Å². The van der Waals surface area contributed by atoms with Crippen LogP contribution in [0.25, 0.3) is 187 Å². The van der Waals surface area contributed by atoms with Gasteiger partial charge in [-0.25, -0.2) is 9.97 Å². The highest BCUT2D eigenvalue weighted by Gasteiger charge is 2.24. The van der Waals surface area contributed by atoms with Crippen molar-refractivity contribution in [2.24, 2.45) is 0 Å². The number of nitrogens with zero attached hydrogens (tertiary/aromatic N) is 6. The van der Waals surface area contributed by atoms with Gasteiger partial charge in [-0.15, -0.1) is 0 Å². The molecule has 96 heavy (non-hydrogen) atoms. The average molecular weight is 1230 g/mol. The lowest BCUT2D eigenvalue weighted by Crippen LogP contribution is -2.02. The van der Waals surface area contributed by atoms with E-state index in [4.69, 9.17) is 14.7 Å². The Kier molecular flexibility index (Phi) is 11.8. The number of rotatable bonds is 9. The van der Waals surface area contributed by atoms with Crippen molar-refractivity contribution < 1.29 is 4.74 Å². The molecule has 0 spiro atoms. The van der Waals surface area contributed by atoms with Gasteiger partial charge in [0.05, 0.1) is 68.0 Å². The van der Waals surface area contributed by atoms with Crippen LogP contribution >= 0.6 is 0 Å². The summed E-state index contributed by atoms with van der Waals surface area (Å²) in [5.41, 5.74) is 21.5. The Bertz CT molecular complexity index is 6330. The standard InChI is InChI=1S/C89H56N6O/c1-96-85-47-41-56-21-9-11-27-67(56)87(85)89-90-76-42-36-55-20-8-10-26-66(55)86(76)88(91-89)61-48-64(94-79-34-18-14-30-70(79)74-52-59(39-45-83(74)94)57-37-43-81-72(50-57)68-28-12-16-32-77(68)92(81)62-22-4-2-5-23-62)54-65(49-61)95-80-35-19-15-31-71(80)75-53-60(40-46-84(75)95)58-38-44-82-73(51-58)69-29-13-17-33-78(69)93(82)63-24-6-3-7-25-63/h2-54H,1H3. The molecule has 5 heterocycles. The number of hydrogen-bond acceptors (Lipinski definition) is 3.